The molecule has 0 aliphatic heterocycles. The third-order valence-corrected chi connectivity index (χ3v) is 3.68. The van der Waals surface area contributed by atoms with Gasteiger partial charge in [-0.25, -0.2) is 0 Å². The summed E-state index contributed by atoms with van der Waals surface area (Å²) in [5.74, 6) is 1.56. The third-order valence-electron chi connectivity index (χ3n) is 3.68. The number of rotatable bonds is 9. The van der Waals surface area contributed by atoms with Gasteiger partial charge in [-0.2, -0.15) is 0 Å². The molecule has 0 heterocycles. The predicted octanol–water partition coefficient (Wildman–Crippen LogP) is 4.73. The van der Waals surface area contributed by atoms with Gasteiger partial charge in [-0.1, -0.05) is 52.2 Å². The lowest BCUT2D eigenvalue weighted by molar-refractivity contribution is 0.173. The molecular formula is C17H28O2. The predicted molar refractivity (Wildman–Crippen MR) is 80.5 cm³/mol. The number of aliphatic hydroxyl groups is 1. The summed E-state index contributed by atoms with van der Waals surface area (Å²) in [6.07, 6.45) is 5.34. The maximum atomic E-state index is 9.73. The quantitative estimate of drug-likeness (QED) is 0.699. The molecule has 108 valence electrons. The molecule has 0 spiro atoms. The summed E-state index contributed by atoms with van der Waals surface area (Å²) in [7, 11) is 0. The van der Waals surface area contributed by atoms with E-state index < -0.39 is 0 Å². The Kier molecular flexibility index (Phi) is 7.57. The van der Waals surface area contributed by atoms with Crippen LogP contribution >= 0.6 is 0 Å². The van der Waals surface area contributed by atoms with Crippen LogP contribution in [0.2, 0.25) is 0 Å². The van der Waals surface area contributed by atoms with Crippen LogP contribution in [-0.4, -0.2) is 11.7 Å². The molecule has 2 nitrogen and oxygen atoms in total. The molecule has 0 amide bonds. The lowest BCUT2D eigenvalue weighted by Gasteiger charge is -2.16. The van der Waals surface area contributed by atoms with Gasteiger partial charge in [0.1, 0.15) is 5.75 Å². The second kappa shape index (κ2) is 8.98. The molecule has 0 aliphatic carbocycles. The highest BCUT2D eigenvalue weighted by Gasteiger charge is 2.08. The van der Waals surface area contributed by atoms with E-state index in [1.165, 1.54) is 25.7 Å². The molecule has 1 rings (SSSR count). The van der Waals surface area contributed by atoms with Crippen molar-refractivity contribution in [1.82, 2.24) is 0 Å². The lowest BCUT2D eigenvalue weighted by Crippen LogP contribution is -2.11. The van der Waals surface area contributed by atoms with Gasteiger partial charge in [-0.3, -0.25) is 0 Å². The molecular weight excluding hydrogens is 236 g/mol. The molecule has 0 aromatic heterocycles. The normalized spacial score (nSPS) is 14.1. The molecule has 1 aromatic rings. The second-order valence-corrected chi connectivity index (χ2v) is 5.22. The van der Waals surface area contributed by atoms with Gasteiger partial charge in [-0.05, 0) is 36.5 Å². The number of hydrogen-bond donors (Lipinski definition) is 1. The van der Waals surface area contributed by atoms with E-state index in [1.807, 2.05) is 31.2 Å². The molecule has 0 fully saturated rings. The Hall–Kier alpha value is -1.02. The van der Waals surface area contributed by atoms with Gasteiger partial charge >= 0.3 is 0 Å². The van der Waals surface area contributed by atoms with Crippen LogP contribution in [0, 0.1) is 5.92 Å². The summed E-state index contributed by atoms with van der Waals surface area (Å²) >= 11 is 0. The maximum Gasteiger partial charge on any atom is 0.119 e. The minimum atomic E-state index is -0.359. The van der Waals surface area contributed by atoms with Crippen LogP contribution in [0.3, 0.4) is 0 Å². The Labute approximate surface area is 117 Å². The Balaban J connectivity index is 2.44. The Morgan fingerprint density at radius 2 is 1.74 bits per heavy atom. The summed E-state index contributed by atoms with van der Waals surface area (Å²) in [5, 5.41) is 9.73. The molecule has 0 aliphatic rings. The van der Waals surface area contributed by atoms with Crippen molar-refractivity contribution in [2.75, 3.05) is 6.61 Å². The van der Waals surface area contributed by atoms with Gasteiger partial charge in [0.15, 0.2) is 0 Å². The topological polar surface area (TPSA) is 29.5 Å². The van der Waals surface area contributed by atoms with Crippen molar-refractivity contribution in [1.29, 1.82) is 0 Å². The van der Waals surface area contributed by atoms with Gasteiger partial charge in [-0.15, -0.1) is 0 Å². The van der Waals surface area contributed by atoms with Crippen molar-refractivity contribution in [3.05, 3.63) is 29.8 Å². The first-order chi connectivity index (χ1) is 9.21. The monoisotopic (exact) mass is 264 g/mol. The summed E-state index contributed by atoms with van der Waals surface area (Å²) in [4.78, 5) is 0. The van der Waals surface area contributed by atoms with E-state index in [9.17, 15) is 5.11 Å². The van der Waals surface area contributed by atoms with Crippen molar-refractivity contribution in [3.63, 3.8) is 0 Å². The van der Waals surface area contributed by atoms with Gasteiger partial charge in [0, 0.05) is 0 Å². The third kappa shape index (κ3) is 5.65. The molecule has 2 heteroatoms. The molecule has 1 N–H and O–H groups in total. The molecule has 1 aromatic carbocycles. The van der Waals surface area contributed by atoms with Crippen LogP contribution in [0.25, 0.3) is 0 Å². The largest absolute Gasteiger partial charge is 0.493 e. The summed E-state index contributed by atoms with van der Waals surface area (Å²) < 4.78 is 5.84. The van der Waals surface area contributed by atoms with Gasteiger partial charge < -0.3 is 9.84 Å². The summed E-state index contributed by atoms with van der Waals surface area (Å²) in [6, 6.07) is 7.83. The Morgan fingerprint density at radius 1 is 1.05 bits per heavy atom. The van der Waals surface area contributed by atoms with Crippen LogP contribution in [0.4, 0.5) is 0 Å². The van der Waals surface area contributed by atoms with E-state index in [0.717, 1.165) is 24.3 Å². The van der Waals surface area contributed by atoms with Crippen molar-refractivity contribution in [2.45, 2.75) is 59.0 Å². The van der Waals surface area contributed by atoms with E-state index in [0.29, 0.717) is 5.92 Å². The van der Waals surface area contributed by atoms with Crippen molar-refractivity contribution >= 4 is 0 Å². The molecule has 0 radical (unpaired) electrons. The molecule has 1 unspecified atom stereocenters. The molecule has 2 atom stereocenters. The zero-order chi connectivity index (χ0) is 14.1. The lowest BCUT2D eigenvalue weighted by atomic mass is 10.0. The van der Waals surface area contributed by atoms with Crippen LogP contribution < -0.4 is 4.74 Å². The molecule has 0 saturated heterocycles. The highest BCUT2D eigenvalue weighted by atomic mass is 16.5. The van der Waals surface area contributed by atoms with E-state index in [-0.39, 0.29) is 6.10 Å². The smallest absolute Gasteiger partial charge is 0.119 e. The van der Waals surface area contributed by atoms with Gasteiger partial charge in [0.05, 0.1) is 12.7 Å². The fourth-order valence-electron chi connectivity index (χ4n) is 2.13. The standard InChI is InChI=1S/C17H28O2/c1-4-7-8-14(5-2)13-19-16-11-9-15(10-12-16)17(18)6-3/h9-12,14,17-18H,4-8,13H2,1-3H3/t14?,17-/m1/s1. The fourth-order valence-corrected chi connectivity index (χ4v) is 2.13. The zero-order valence-electron chi connectivity index (χ0n) is 12.6. The number of hydrogen-bond acceptors (Lipinski definition) is 2. The van der Waals surface area contributed by atoms with E-state index in [4.69, 9.17) is 4.74 Å². The van der Waals surface area contributed by atoms with Crippen LogP contribution in [-0.2, 0) is 0 Å². The second-order valence-electron chi connectivity index (χ2n) is 5.22. The van der Waals surface area contributed by atoms with Crippen LogP contribution in [0.1, 0.15) is 64.5 Å². The highest BCUT2D eigenvalue weighted by molar-refractivity contribution is 5.28. The number of benzene rings is 1. The average molecular weight is 264 g/mol. The summed E-state index contributed by atoms with van der Waals surface area (Å²) in [6.45, 7) is 7.23. The van der Waals surface area contributed by atoms with E-state index >= 15 is 0 Å². The molecule has 19 heavy (non-hydrogen) atoms. The maximum absolute atomic E-state index is 9.73. The van der Waals surface area contributed by atoms with E-state index in [1.54, 1.807) is 0 Å². The van der Waals surface area contributed by atoms with Crippen molar-refractivity contribution < 1.29 is 9.84 Å². The molecule has 0 bridgehead atoms. The highest BCUT2D eigenvalue weighted by Crippen LogP contribution is 2.21. The number of ether oxygens (including phenoxy) is 1. The van der Waals surface area contributed by atoms with Gasteiger partial charge in [0.25, 0.3) is 0 Å². The average Bonchev–Trinajstić information content (AvgIpc) is 2.47. The minimum absolute atomic E-state index is 0.359. The Bertz CT molecular complexity index is 332. The first-order valence-corrected chi connectivity index (χ1v) is 7.62. The van der Waals surface area contributed by atoms with Crippen LogP contribution in [0.5, 0.6) is 5.75 Å². The SMILES string of the molecule is CCCCC(CC)COc1ccc([C@H](O)CC)cc1. The van der Waals surface area contributed by atoms with Crippen molar-refractivity contribution in [3.8, 4) is 5.75 Å². The number of aliphatic hydroxyl groups excluding tert-OH is 1. The summed E-state index contributed by atoms with van der Waals surface area (Å²) in [5.41, 5.74) is 0.966. The fraction of sp³-hybridized carbons (Fsp3) is 0.647. The van der Waals surface area contributed by atoms with Crippen LogP contribution in [0.15, 0.2) is 24.3 Å². The van der Waals surface area contributed by atoms with Crippen molar-refractivity contribution in [2.24, 2.45) is 5.92 Å². The first kappa shape index (κ1) is 16.0. The zero-order valence-corrected chi connectivity index (χ0v) is 12.6. The van der Waals surface area contributed by atoms with Gasteiger partial charge in [0.2, 0.25) is 0 Å². The minimum Gasteiger partial charge on any atom is -0.493 e. The number of unbranched alkanes of at least 4 members (excludes halogenated alkanes) is 1. The first-order valence-electron chi connectivity index (χ1n) is 7.62. The molecule has 0 saturated carbocycles. The van der Waals surface area contributed by atoms with E-state index in [2.05, 4.69) is 13.8 Å². The Morgan fingerprint density at radius 3 is 2.26 bits per heavy atom.